The molecule has 0 fully saturated rings. The minimum absolute atomic E-state index is 0.0689. The highest BCUT2D eigenvalue weighted by Gasteiger charge is 2.07. The van der Waals surface area contributed by atoms with Crippen molar-refractivity contribution in [3.8, 4) is 5.75 Å². The fourth-order valence-corrected chi connectivity index (χ4v) is 2.68. The number of aliphatic hydroxyl groups excluding tert-OH is 1. The molecule has 2 N–H and O–H groups in total. The number of hydrogen-bond donors (Lipinski definition) is 2. The molecule has 0 saturated heterocycles. The molecule has 0 aliphatic rings. The summed E-state index contributed by atoms with van der Waals surface area (Å²) in [5.74, 6) is 0.503. The van der Waals surface area contributed by atoms with Crippen LogP contribution in [-0.4, -0.2) is 29.1 Å². The molecular weight excluding hydrogens is 288 g/mol. The standard InChI is InChI=1S/C15H18N2O3S/c1-10-14(21-11(2)17-10)9-20-13-5-3-12(4-6-13)15(19)16-7-8-18/h3-6,18H,7-9H2,1-2H3,(H,16,19). The first-order valence-corrected chi connectivity index (χ1v) is 7.46. The SMILES string of the molecule is Cc1nc(C)c(COc2ccc(C(=O)NCCO)cc2)s1. The lowest BCUT2D eigenvalue weighted by atomic mass is 10.2. The van der Waals surface area contributed by atoms with Crippen LogP contribution in [0.15, 0.2) is 24.3 Å². The van der Waals surface area contributed by atoms with E-state index >= 15 is 0 Å². The molecule has 1 amide bonds. The Morgan fingerprint density at radius 1 is 1.33 bits per heavy atom. The number of rotatable bonds is 6. The molecule has 0 saturated carbocycles. The number of aryl methyl sites for hydroxylation is 2. The minimum Gasteiger partial charge on any atom is -0.488 e. The molecule has 2 aromatic rings. The van der Waals surface area contributed by atoms with Crippen LogP contribution < -0.4 is 10.1 Å². The molecule has 1 aromatic heterocycles. The Hall–Kier alpha value is -1.92. The van der Waals surface area contributed by atoms with Crippen LogP contribution in [0.25, 0.3) is 0 Å². The minimum atomic E-state index is -0.204. The number of ether oxygens (including phenoxy) is 1. The zero-order chi connectivity index (χ0) is 15.2. The summed E-state index contributed by atoms with van der Waals surface area (Å²) < 4.78 is 5.70. The molecule has 5 nitrogen and oxygen atoms in total. The van der Waals surface area contributed by atoms with Crippen LogP contribution in [0, 0.1) is 13.8 Å². The number of hydrogen-bond acceptors (Lipinski definition) is 5. The van der Waals surface area contributed by atoms with E-state index in [1.807, 2.05) is 13.8 Å². The predicted octanol–water partition coefficient (Wildman–Crippen LogP) is 2.06. The average Bonchev–Trinajstić information content (AvgIpc) is 2.81. The van der Waals surface area contributed by atoms with Crippen LogP contribution in [-0.2, 0) is 6.61 Å². The Bertz CT molecular complexity index is 608. The van der Waals surface area contributed by atoms with E-state index in [-0.39, 0.29) is 19.1 Å². The molecule has 0 aliphatic heterocycles. The molecule has 0 atom stereocenters. The van der Waals surface area contributed by atoms with Gasteiger partial charge in [-0.05, 0) is 38.1 Å². The maximum absolute atomic E-state index is 11.7. The van der Waals surface area contributed by atoms with Gasteiger partial charge in [-0.25, -0.2) is 4.98 Å². The number of thiazole rings is 1. The van der Waals surface area contributed by atoms with Gasteiger partial charge in [0.1, 0.15) is 12.4 Å². The fourth-order valence-electron chi connectivity index (χ4n) is 1.83. The molecule has 1 heterocycles. The summed E-state index contributed by atoms with van der Waals surface area (Å²) in [5.41, 5.74) is 1.54. The lowest BCUT2D eigenvalue weighted by Gasteiger charge is -2.07. The first-order valence-electron chi connectivity index (χ1n) is 6.65. The summed E-state index contributed by atoms with van der Waals surface area (Å²) in [6, 6.07) is 6.92. The van der Waals surface area contributed by atoms with Gasteiger partial charge in [-0.2, -0.15) is 0 Å². The number of carbonyl (C=O) groups is 1. The first kappa shape index (κ1) is 15.5. The smallest absolute Gasteiger partial charge is 0.251 e. The molecule has 0 radical (unpaired) electrons. The highest BCUT2D eigenvalue weighted by atomic mass is 32.1. The number of aromatic nitrogens is 1. The van der Waals surface area contributed by atoms with Crippen LogP contribution in [0.1, 0.15) is 25.9 Å². The van der Waals surface area contributed by atoms with Gasteiger partial charge in [0.05, 0.1) is 22.2 Å². The highest BCUT2D eigenvalue weighted by Crippen LogP contribution is 2.20. The third-order valence-electron chi connectivity index (χ3n) is 2.88. The normalized spacial score (nSPS) is 10.4. The van der Waals surface area contributed by atoms with Gasteiger partial charge in [-0.15, -0.1) is 11.3 Å². The van der Waals surface area contributed by atoms with Crippen molar-refractivity contribution in [2.45, 2.75) is 20.5 Å². The van der Waals surface area contributed by atoms with E-state index in [9.17, 15) is 4.79 Å². The van der Waals surface area contributed by atoms with Gasteiger partial charge >= 0.3 is 0 Å². The lowest BCUT2D eigenvalue weighted by Crippen LogP contribution is -2.26. The van der Waals surface area contributed by atoms with Gasteiger partial charge < -0.3 is 15.2 Å². The van der Waals surface area contributed by atoms with Gasteiger partial charge in [0.2, 0.25) is 0 Å². The molecule has 2 rings (SSSR count). The summed E-state index contributed by atoms with van der Waals surface area (Å²) in [6.45, 7) is 4.60. The van der Waals surface area contributed by atoms with Crippen molar-refractivity contribution >= 4 is 17.2 Å². The summed E-state index contributed by atoms with van der Waals surface area (Å²) in [7, 11) is 0. The topological polar surface area (TPSA) is 71.5 Å². The quantitative estimate of drug-likeness (QED) is 0.857. The number of amides is 1. The third-order valence-corrected chi connectivity index (χ3v) is 3.93. The number of carbonyl (C=O) groups excluding carboxylic acids is 1. The van der Waals surface area contributed by atoms with Crippen LogP contribution in [0.2, 0.25) is 0 Å². The molecule has 1 aromatic carbocycles. The van der Waals surface area contributed by atoms with Gasteiger partial charge in [0.25, 0.3) is 5.91 Å². The van der Waals surface area contributed by atoms with Crippen molar-refractivity contribution in [1.29, 1.82) is 0 Å². The Morgan fingerprint density at radius 2 is 2.05 bits per heavy atom. The Kier molecular flexibility index (Phi) is 5.30. The van der Waals surface area contributed by atoms with Crippen molar-refractivity contribution in [1.82, 2.24) is 10.3 Å². The summed E-state index contributed by atoms with van der Waals surface area (Å²) in [5, 5.41) is 12.3. The molecular formula is C15H18N2O3S. The second-order valence-electron chi connectivity index (χ2n) is 4.53. The predicted molar refractivity (Wildman–Crippen MR) is 81.8 cm³/mol. The number of benzene rings is 1. The van der Waals surface area contributed by atoms with Crippen LogP contribution in [0.5, 0.6) is 5.75 Å². The number of nitrogens with zero attached hydrogens (tertiary/aromatic N) is 1. The monoisotopic (exact) mass is 306 g/mol. The van der Waals surface area contributed by atoms with Crippen LogP contribution in [0.3, 0.4) is 0 Å². The van der Waals surface area contributed by atoms with Crippen molar-refractivity contribution < 1.29 is 14.6 Å². The van der Waals surface area contributed by atoms with Crippen LogP contribution in [0.4, 0.5) is 0 Å². The van der Waals surface area contributed by atoms with Gasteiger partial charge in [0.15, 0.2) is 0 Å². The third kappa shape index (κ3) is 4.27. The molecule has 0 aliphatic carbocycles. The molecule has 0 spiro atoms. The van der Waals surface area contributed by atoms with E-state index in [4.69, 9.17) is 9.84 Å². The summed E-state index contributed by atoms with van der Waals surface area (Å²) in [4.78, 5) is 17.1. The van der Waals surface area contributed by atoms with Gasteiger partial charge in [-0.1, -0.05) is 0 Å². The zero-order valence-corrected chi connectivity index (χ0v) is 12.9. The van der Waals surface area contributed by atoms with E-state index in [0.717, 1.165) is 15.6 Å². The number of nitrogens with one attached hydrogen (secondary N) is 1. The van der Waals surface area contributed by atoms with Gasteiger partial charge in [-0.3, -0.25) is 4.79 Å². The largest absolute Gasteiger partial charge is 0.488 e. The number of aliphatic hydroxyl groups is 1. The second kappa shape index (κ2) is 7.19. The van der Waals surface area contributed by atoms with Crippen molar-refractivity contribution in [3.05, 3.63) is 45.4 Å². The van der Waals surface area contributed by atoms with Crippen molar-refractivity contribution in [3.63, 3.8) is 0 Å². The van der Waals surface area contributed by atoms with Gasteiger partial charge in [0, 0.05) is 12.1 Å². The molecule has 21 heavy (non-hydrogen) atoms. The highest BCUT2D eigenvalue weighted by molar-refractivity contribution is 7.11. The van der Waals surface area contributed by atoms with E-state index < -0.39 is 0 Å². The summed E-state index contributed by atoms with van der Waals surface area (Å²) >= 11 is 1.63. The zero-order valence-electron chi connectivity index (χ0n) is 12.0. The maximum Gasteiger partial charge on any atom is 0.251 e. The summed E-state index contributed by atoms with van der Waals surface area (Å²) in [6.07, 6.45) is 0. The lowest BCUT2D eigenvalue weighted by molar-refractivity contribution is 0.0944. The van der Waals surface area contributed by atoms with E-state index in [1.165, 1.54) is 0 Å². The van der Waals surface area contributed by atoms with Crippen molar-refractivity contribution in [2.24, 2.45) is 0 Å². The molecule has 6 heteroatoms. The average molecular weight is 306 g/mol. The fraction of sp³-hybridized carbons (Fsp3) is 0.333. The first-order chi connectivity index (χ1) is 10.1. The van der Waals surface area contributed by atoms with E-state index in [1.54, 1.807) is 35.6 Å². The Labute approximate surface area is 127 Å². The Morgan fingerprint density at radius 3 is 2.62 bits per heavy atom. The second-order valence-corrected chi connectivity index (χ2v) is 5.82. The van der Waals surface area contributed by atoms with E-state index in [2.05, 4.69) is 10.3 Å². The van der Waals surface area contributed by atoms with E-state index in [0.29, 0.717) is 17.9 Å². The van der Waals surface area contributed by atoms with Crippen molar-refractivity contribution in [2.75, 3.05) is 13.2 Å². The maximum atomic E-state index is 11.7. The molecule has 0 bridgehead atoms. The molecule has 112 valence electrons. The molecule has 0 unspecified atom stereocenters. The van der Waals surface area contributed by atoms with Crippen LogP contribution >= 0.6 is 11.3 Å². The Balaban J connectivity index is 1.93.